The van der Waals surface area contributed by atoms with Crippen LogP contribution in [0, 0.1) is 5.82 Å². The Bertz CT molecular complexity index is 1410. The van der Waals surface area contributed by atoms with Crippen LogP contribution in [0.1, 0.15) is 26.3 Å². The monoisotopic (exact) mass is 475 g/mol. The van der Waals surface area contributed by atoms with Gasteiger partial charge in [0.15, 0.2) is 0 Å². The number of hydrogen-bond acceptors (Lipinski definition) is 3. The van der Waals surface area contributed by atoms with Crippen molar-refractivity contribution >= 4 is 34.4 Å². The Labute approximate surface area is 190 Å². The fraction of sp³-hybridized carbons (Fsp3) is 0.0833. The molecule has 4 rings (SSSR count). The first kappa shape index (κ1) is 22.5. The third-order valence-electron chi connectivity index (χ3n) is 5.14. The van der Waals surface area contributed by atoms with Crippen LogP contribution in [0.4, 0.5) is 17.6 Å². The van der Waals surface area contributed by atoms with Crippen LogP contribution in [0.5, 0.6) is 0 Å². The predicted octanol–water partition coefficient (Wildman–Crippen LogP) is 6.59. The molecule has 9 heteroatoms. The normalized spacial score (nSPS) is 11.6. The van der Waals surface area contributed by atoms with Crippen LogP contribution < -0.4 is 0 Å². The number of carbonyl (C=O) groups excluding carboxylic acids is 2. The number of ether oxygens (including phenoxy) is 1. The first-order valence-corrected chi connectivity index (χ1v) is 9.90. The van der Waals surface area contributed by atoms with Gasteiger partial charge in [-0.15, -0.1) is 0 Å². The minimum Gasteiger partial charge on any atom is -0.465 e. The van der Waals surface area contributed by atoms with Gasteiger partial charge < -0.3 is 4.74 Å². The minimum atomic E-state index is -4.81. The molecule has 0 atom stereocenters. The van der Waals surface area contributed by atoms with E-state index in [-0.39, 0.29) is 27.2 Å². The maximum Gasteiger partial charge on any atom is 0.417 e. The first-order chi connectivity index (χ1) is 15.6. The van der Waals surface area contributed by atoms with Gasteiger partial charge in [0.1, 0.15) is 5.82 Å². The number of nitrogens with zero attached hydrogens (tertiary/aromatic N) is 1. The molecular weight excluding hydrogens is 462 g/mol. The van der Waals surface area contributed by atoms with Crippen molar-refractivity contribution < 1.29 is 31.9 Å². The smallest absolute Gasteiger partial charge is 0.417 e. The van der Waals surface area contributed by atoms with E-state index in [1.54, 1.807) is 18.2 Å². The maximum atomic E-state index is 14.9. The number of aromatic nitrogens is 1. The molecule has 0 aliphatic carbocycles. The Morgan fingerprint density at radius 1 is 0.970 bits per heavy atom. The van der Waals surface area contributed by atoms with Gasteiger partial charge >= 0.3 is 12.1 Å². The van der Waals surface area contributed by atoms with Crippen LogP contribution in [0.2, 0.25) is 5.02 Å². The van der Waals surface area contributed by atoms with Crippen molar-refractivity contribution in [2.24, 2.45) is 0 Å². The fourth-order valence-corrected chi connectivity index (χ4v) is 3.89. The van der Waals surface area contributed by atoms with Crippen LogP contribution in [0.25, 0.3) is 22.0 Å². The number of benzene rings is 3. The Kier molecular flexibility index (Phi) is 5.71. The molecule has 0 radical (unpaired) electrons. The molecule has 0 aliphatic rings. The van der Waals surface area contributed by atoms with Crippen molar-refractivity contribution in [1.82, 2.24) is 4.57 Å². The van der Waals surface area contributed by atoms with Crippen molar-refractivity contribution in [1.29, 1.82) is 0 Å². The van der Waals surface area contributed by atoms with Gasteiger partial charge in [-0.05, 0) is 30.3 Å². The van der Waals surface area contributed by atoms with Crippen LogP contribution in [0.15, 0.2) is 66.9 Å². The zero-order valence-corrected chi connectivity index (χ0v) is 17.7. The van der Waals surface area contributed by atoms with Crippen molar-refractivity contribution in [3.63, 3.8) is 0 Å². The summed E-state index contributed by atoms with van der Waals surface area (Å²) in [6.45, 7) is 0. The van der Waals surface area contributed by atoms with E-state index < -0.39 is 35.0 Å². The summed E-state index contributed by atoms with van der Waals surface area (Å²) in [5, 5.41) is 0.0685. The van der Waals surface area contributed by atoms with Gasteiger partial charge in [0, 0.05) is 22.7 Å². The van der Waals surface area contributed by atoms with Crippen LogP contribution in [-0.2, 0) is 10.9 Å². The lowest BCUT2D eigenvalue weighted by Crippen LogP contribution is -2.18. The van der Waals surface area contributed by atoms with E-state index in [9.17, 15) is 27.2 Å². The molecule has 1 heterocycles. The zero-order chi connectivity index (χ0) is 23.9. The third kappa shape index (κ3) is 3.98. The lowest BCUT2D eigenvalue weighted by Gasteiger charge is -2.14. The van der Waals surface area contributed by atoms with E-state index in [1.807, 2.05) is 0 Å². The van der Waals surface area contributed by atoms with Crippen molar-refractivity contribution in [2.75, 3.05) is 7.11 Å². The van der Waals surface area contributed by atoms with Gasteiger partial charge in [0.2, 0.25) is 0 Å². The van der Waals surface area contributed by atoms with Gasteiger partial charge in [-0.25, -0.2) is 9.18 Å². The fourth-order valence-electron chi connectivity index (χ4n) is 3.64. The molecule has 0 saturated heterocycles. The molecule has 168 valence electrons. The second-order valence-corrected chi connectivity index (χ2v) is 7.49. The summed E-state index contributed by atoms with van der Waals surface area (Å²) in [4.78, 5) is 25.0. The number of hydrogen-bond donors (Lipinski definition) is 0. The average Bonchev–Trinajstić information content (AvgIpc) is 3.16. The molecular formula is C24H14ClF4NO3. The molecule has 33 heavy (non-hydrogen) atoms. The molecule has 0 bridgehead atoms. The maximum absolute atomic E-state index is 14.9. The number of halogens is 5. The number of esters is 1. The second-order valence-electron chi connectivity index (χ2n) is 7.08. The van der Waals surface area contributed by atoms with Gasteiger partial charge in [-0.1, -0.05) is 41.9 Å². The molecule has 0 N–H and O–H groups in total. The summed E-state index contributed by atoms with van der Waals surface area (Å²) in [6.07, 6.45) is -3.55. The molecule has 0 spiro atoms. The van der Waals surface area contributed by atoms with Crippen LogP contribution >= 0.6 is 11.6 Å². The Morgan fingerprint density at radius 2 is 1.70 bits per heavy atom. The highest BCUT2D eigenvalue weighted by Crippen LogP contribution is 2.38. The zero-order valence-electron chi connectivity index (χ0n) is 16.9. The summed E-state index contributed by atoms with van der Waals surface area (Å²) >= 11 is 6.00. The summed E-state index contributed by atoms with van der Waals surface area (Å²) in [6, 6.07) is 13.2. The molecule has 0 unspecified atom stereocenters. The average molecular weight is 476 g/mol. The third-order valence-corrected chi connectivity index (χ3v) is 5.46. The van der Waals surface area contributed by atoms with Gasteiger partial charge in [0.25, 0.3) is 5.91 Å². The summed E-state index contributed by atoms with van der Waals surface area (Å²) in [7, 11) is 1.16. The summed E-state index contributed by atoms with van der Waals surface area (Å²) in [5.74, 6) is -2.50. The van der Waals surface area contributed by atoms with E-state index in [0.717, 1.165) is 29.9 Å². The van der Waals surface area contributed by atoms with Gasteiger partial charge in [-0.2, -0.15) is 13.2 Å². The van der Waals surface area contributed by atoms with Crippen molar-refractivity contribution in [2.45, 2.75) is 6.18 Å². The number of carbonyl (C=O) groups is 2. The molecule has 1 aromatic heterocycles. The summed E-state index contributed by atoms with van der Waals surface area (Å²) < 4.78 is 61.2. The Morgan fingerprint density at radius 3 is 2.36 bits per heavy atom. The number of fused-ring (bicyclic) bond motifs is 1. The highest BCUT2D eigenvalue weighted by Gasteiger charge is 2.37. The van der Waals surface area contributed by atoms with E-state index in [0.29, 0.717) is 5.39 Å². The van der Waals surface area contributed by atoms with Gasteiger partial charge in [-0.3, -0.25) is 9.36 Å². The van der Waals surface area contributed by atoms with Crippen molar-refractivity contribution in [3.05, 3.63) is 94.4 Å². The molecule has 0 fully saturated rings. The van der Waals surface area contributed by atoms with Gasteiger partial charge in [0.05, 0.1) is 34.3 Å². The van der Waals surface area contributed by atoms with Crippen LogP contribution in [-0.4, -0.2) is 23.6 Å². The number of para-hydroxylation sites is 1. The van der Waals surface area contributed by atoms with E-state index in [4.69, 9.17) is 11.6 Å². The standard InChI is InChI=1S/C24H14ClF4NO3/c1-33-23(32)13-9-10-14(19(26)11-13)16-12-30(20-8-3-2-5-15(16)20)22(31)21-17(24(27,28)29)6-4-7-18(21)25/h2-12H,1H3. The lowest BCUT2D eigenvalue weighted by molar-refractivity contribution is -0.137. The number of rotatable bonds is 3. The number of alkyl halides is 3. The summed E-state index contributed by atoms with van der Waals surface area (Å²) in [5.41, 5.74) is -1.31. The molecule has 4 aromatic rings. The Hall–Kier alpha value is -3.65. The molecule has 3 aromatic carbocycles. The molecule has 0 aliphatic heterocycles. The predicted molar refractivity (Wildman–Crippen MR) is 115 cm³/mol. The largest absolute Gasteiger partial charge is 0.465 e. The van der Waals surface area contributed by atoms with E-state index >= 15 is 0 Å². The van der Waals surface area contributed by atoms with Crippen molar-refractivity contribution in [3.8, 4) is 11.1 Å². The van der Waals surface area contributed by atoms with Crippen LogP contribution in [0.3, 0.4) is 0 Å². The lowest BCUT2D eigenvalue weighted by atomic mass is 10.0. The second kappa shape index (κ2) is 8.37. The number of methoxy groups -OCH3 is 1. The molecule has 0 saturated carbocycles. The van der Waals surface area contributed by atoms with E-state index in [2.05, 4.69) is 4.74 Å². The molecule has 4 nitrogen and oxygen atoms in total. The highest BCUT2D eigenvalue weighted by molar-refractivity contribution is 6.34. The topological polar surface area (TPSA) is 48.3 Å². The first-order valence-electron chi connectivity index (χ1n) is 9.52. The molecule has 0 amide bonds. The Balaban J connectivity index is 1.92. The minimum absolute atomic E-state index is 0.00977. The quantitative estimate of drug-likeness (QED) is 0.248. The SMILES string of the molecule is COC(=O)c1ccc(-c2cn(C(=O)c3c(Cl)cccc3C(F)(F)F)c3ccccc23)c(F)c1. The van der Waals surface area contributed by atoms with E-state index in [1.165, 1.54) is 30.5 Å². The highest BCUT2D eigenvalue weighted by atomic mass is 35.5.